The molecule has 0 unspecified atom stereocenters. The number of nitrogens with zero attached hydrogens (tertiary/aromatic N) is 5. The number of fused-ring (bicyclic) bond motifs is 1. The third kappa shape index (κ3) is 6.21. The number of hydrogen-bond acceptors (Lipinski definition) is 7. The quantitative estimate of drug-likeness (QED) is 0.265. The number of anilines is 3. The highest BCUT2D eigenvalue weighted by atomic mass is 35.5. The lowest BCUT2D eigenvalue weighted by atomic mass is 10.0. The maximum Gasteiger partial charge on any atom is 0.417 e. The topological polar surface area (TPSA) is 109 Å². The van der Waals surface area contributed by atoms with Crippen LogP contribution in [0.15, 0.2) is 42.7 Å². The Morgan fingerprint density at radius 2 is 1.78 bits per heavy atom. The lowest BCUT2D eigenvalue weighted by molar-refractivity contribution is -0.137. The Kier molecular flexibility index (Phi) is 8.29. The van der Waals surface area contributed by atoms with Gasteiger partial charge in [0.05, 0.1) is 34.9 Å². The Bertz CT molecular complexity index is 1570. The van der Waals surface area contributed by atoms with Crippen LogP contribution in [0.5, 0.6) is 0 Å². The van der Waals surface area contributed by atoms with Gasteiger partial charge in [-0.05, 0) is 30.7 Å². The highest BCUT2D eigenvalue weighted by Crippen LogP contribution is 2.39. The molecule has 1 fully saturated rings. The Morgan fingerprint density at radius 1 is 1.07 bits per heavy atom. The van der Waals surface area contributed by atoms with Gasteiger partial charge in [-0.25, -0.2) is 19.4 Å². The van der Waals surface area contributed by atoms with Crippen LogP contribution in [0.4, 0.5) is 35.2 Å². The third-order valence-electron chi connectivity index (χ3n) is 6.83. The van der Waals surface area contributed by atoms with Crippen LogP contribution >= 0.6 is 11.6 Å². The average Bonchev–Trinajstić information content (AvgIpc) is 3.28. The molecule has 10 nitrogen and oxygen atoms in total. The predicted octanol–water partition coefficient (Wildman–Crippen LogP) is 5.40. The van der Waals surface area contributed by atoms with Crippen LogP contribution in [0.2, 0.25) is 5.02 Å². The number of urea groups is 1. The Balaban J connectivity index is 1.39. The van der Waals surface area contributed by atoms with E-state index in [0.717, 1.165) is 49.9 Å². The fourth-order valence-electron chi connectivity index (χ4n) is 4.72. The summed E-state index contributed by atoms with van der Waals surface area (Å²) >= 11 is 5.93. The monoisotopic (exact) mass is 588 g/mol. The van der Waals surface area contributed by atoms with E-state index in [4.69, 9.17) is 21.4 Å². The van der Waals surface area contributed by atoms with Crippen molar-refractivity contribution < 1.29 is 22.7 Å². The van der Waals surface area contributed by atoms with Gasteiger partial charge in [-0.2, -0.15) is 18.3 Å². The van der Waals surface area contributed by atoms with Crippen LogP contribution in [0.25, 0.3) is 22.3 Å². The molecule has 0 radical (unpaired) electrons. The van der Waals surface area contributed by atoms with Crippen LogP contribution < -0.4 is 16.0 Å². The summed E-state index contributed by atoms with van der Waals surface area (Å²) in [6, 6.07) is 7.90. The van der Waals surface area contributed by atoms with Gasteiger partial charge in [-0.1, -0.05) is 29.8 Å². The SMILES string of the molecule is Cc1c(NC(=O)Nc2cccc(C(F)(F)F)c2Cl)cccc1-c1nn(C)c2ncnc(NCCN3CCOCC3)c12. The van der Waals surface area contributed by atoms with E-state index in [2.05, 4.69) is 30.8 Å². The molecule has 3 heterocycles. The summed E-state index contributed by atoms with van der Waals surface area (Å²) in [6.07, 6.45) is -3.17. The van der Waals surface area contributed by atoms with Gasteiger partial charge in [0.15, 0.2) is 5.65 Å². The second kappa shape index (κ2) is 11.9. The number of aryl methyl sites for hydroxylation is 1. The van der Waals surface area contributed by atoms with Crippen LogP contribution in [-0.2, 0) is 18.0 Å². The van der Waals surface area contributed by atoms with Crippen molar-refractivity contribution in [2.45, 2.75) is 13.1 Å². The van der Waals surface area contributed by atoms with Gasteiger partial charge >= 0.3 is 12.2 Å². The number of carbonyl (C=O) groups excluding carboxylic acids is 1. The number of carbonyl (C=O) groups is 1. The van der Waals surface area contributed by atoms with E-state index < -0.39 is 22.8 Å². The standard InChI is InChI=1S/C27H28ClF3N8O2/c1-16-17(5-3-7-19(16)35-26(40)36-20-8-4-6-18(22(20)28)27(29,30)31)23-21-24(33-15-34-25(21)38(2)37-23)32-9-10-39-11-13-41-14-12-39/h3-8,15H,9-14H2,1-2H3,(H,32,33,34)(H2,35,36,40). The summed E-state index contributed by atoms with van der Waals surface area (Å²) < 4.78 is 46.8. The Morgan fingerprint density at radius 3 is 2.54 bits per heavy atom. The smallest absolute Gasteiger partial charge is 0.379 e. The molecule has 1 aliphatic heterocycles. The molecule has 1 aliphatic rings. The van der Waals surface area contributed by atoms with Crippen LogP contribution in [0.3, 0.4) is 0 Å². The van der Waals surface area contributed by atoms with Crippen molar-refractivity contribution >= 4 is 45.9 Å². The number of ether oxygens (including phenoxy) is 1. The molecule has 1 saturated heterocycles. The van der Waals surface area contributed by atoms with E-state index in [-0.39, 0.29) is 5.69 Å². The zero-order valence-corrected chi connectivity index (χ0v) is 23.1. The molecule has 2 aromatic heterocycles. The normalized spacial score (nSPS) is 14.3. The molecular weight excluding hydrogens is 561 g/mol. The van der Waals surface area contributed by atoms with Gasteiger partial charge in [0.25, 0.3) is 0 Å². The van der Waals surface area contributed by atoms with Gasteiger partial charge in [-0.3, -0.25) is 4.90 Å². The van der Waals surface area contributed by atoms with Crippen LogP contribution in [0.1, 0.15) is 11.1 Å². The summed E-state index contributed by atoms with van der Waals surface area (Å²) in [4.78, 5) is 24.0. The zero-order valence-electron chi connectivity index (χ0n) is 22.3. The van der Waals surface area contributed by atoms with E-state index in [1.807, 2.05) is 13.0 Å². The van der Waals surface area contributed by atoms with E-state index >= 15 is 0 Å². The highest BCUT2D eigenvalue weighted by molar-refractivity contribution is 6.34. The molecule has 0 saturated carbocycles. The predicted molar refractivity (Wildman–Crippen MR) is 151 cm³/mol. The fourth-order valence-corrected chi connectivity index (χ4v) is 5.00. The second-order valence-corrected chi connectivity index (χ2v) is 9.87. The number of morpholine rings is 1. The van der Waals surface area contributed by atoms with Crippen molar-refractivity contribution in [1.82, 2.24) is 24.6 Å². The van der Waals surface area contributed by atoms with Gasteiger partial charge in [0, 0.05) is 44.5 Å². The first-order valence-corrected chi connectivity index (χ1v) is 13.3. The minimum Gasteiger partial charge on any atom is -0.379 e. The summed E-state index contributed by atoms with van der Waals surface area (Å²) in [7, 11) is 1.79. The van der Waals surface area contributed by atoms with Gasteiger partial charge in [-0.15, -0.1) is 0 Å². The summed E-state index contributed by atoms with van der Waals surface area (Å²) in [6.45, 7) is 6.51. The Hall–Kier alpha value is -3.94. The van der Waals surface area contributed by atoms with Crippen LogP contribution in [0, 0.1) is 6.92 Å². The van der Waals surface area contributed by atoms with Crippen molar-refractivity contribution in [2.24, 2.45) is 7.05 Å². The minimum absolute atomic E-state index is 0.159. The number of hydrogen-bond donors (Lipinski definition) is 3. The first-order chi connectivity index (χ1) is 19.6. The van der Waals surface area contributed by atoms with Crippen LogP contribution in [-0.4, -0.2) is 70.1 Å². The maximum absolute atomic E-state index is 13.2. The van der Waals surface area contributed by atoms with E-state index in [1.165, 1.54) is 18.5 Å². The number of rotatable bonds is 7. The van der Waals surface area contributed by atoms with Crippen molar-refractivity contribution in [1.29, 1.82) is 0 Å². The third-order valence-corrected chi connectivity index (χ3v) is 7.24. The van der Waals surface area contributed by atoms with Gasteiger partial charge < -0.3 is 20.7 Å². The molecule has 2 aromatic carbocycles. The number of halogens is 4. The first-order valence-electron chi connectivity index (χ1n) is 12.9. The van der Waals surface area contributed by atoms with Crippen molar-refractivity contribution in [2.75, 3.05) is 55.3 Å². The van der Waals surface area contributed by atoms with E-state index in [0.29, 0.717) is 35.0 Å². The average molecular weight is 589 g/mol. The molecule has 0 bridgehead atoms. The van der Waals surface area contributed by atoms with Crippen molar-refractivity contribution in [3.05, 3.63) is 58.9 Å². The lowest BCUT2D eigenvalue weighted by Gasteiger charge is -2.26. The maximum atomic E-state index is 13.2. The second-order valence-electron chi connectivity index (χ2n) is 9.50. The molecule has 14 heteroatoms. The fraction of sp³-hybridized carbons (Fsp3) is 0.333. The molecule has 4 aromatic rings. The highest BCUT2D eigenvalue weighted by Gasteiger charge is 2.34. The first kappa shape index (κ1) is 28.6. The largest absolute Gasteiger partial charge is 0.417 e. The summed E-state index contributed by atoms with van der Waals surface area (Å²) in [5, 5.41) is 13.4. The molecule has 0 spiro atoms. The Labute approximate surface area is 238 Å². The van der Waals surface area contributed by atoms with Crippen molar-refractivity contribution in [3.8, 4) is 11.3 Å². The molecule has 41 heavy (non-hydrogen) atoms. The van der Waals surface area contributed by atoms with E-state index in [1.54, 1.807) is 23.9 Å². The zero-order chi connectivity index (χ0) is 29.1. The summed E-state index contributed by atoms with van der Waals surface area (Å²) in [5.74, 6) is 0.640. The van der Waals surface area contributed by atoms with Crippen molar-refractivity contribution in [3.63, 3.8) is 0 Å². The van der Waals surface area contributed by atoms with Gasteiger partial charge in [0.1, 0.15) is 17.8 Å². The lowest BCUT2D eigenvalue weighted by Crippen LogP contribution is -2.39. The minimum atomic E-state index is -4.65. The molecule has 3 N–H and O–H groups in total. The molecular formula is C27H28ClF3N8O2. The van der Waals surface area contributed by atoms with Gasteiger partial charge in [0.2, 0.25) is 0 Å². The number of amides is 2. The molecule has 0 atom stereocenters. The summed E-state index contributed by atoms with van der Waals surface area (Å²) in [5.41, 5.74) is 1.94. The number of alkyl halides is 3. The molecule has 216 valence electrons. The molecule has 0 aliphatic carbocycles. The molecule has 2 amide bonds. The number of nitrogens with one attached hydrogen (secondary N) is 3. The molecule has 5 rings (SSSR count). The van der Waals surface area contributed by atoms with E-state index in [9.17, 15) is 18.0 Å². The number of benzene rings is 2. The number of aromatic nitrogens is 4.